The number of nitriles is 1. The Balaban J connectivity index is 2.97. The SMILES string of the molecule is C#C/C=C\C=C(/C)c1cccc(C#N)c1. The third-order valence-corrected chi connectivity index (χ3v) is 1.99. The Morgan fingerprint density at radius 2 is 2.27 bits per heavy atom. The molecule has 0 fully saturated rings. The second kappa shape index (κ2) is 5.47. The average Bonchev–Trinajstić information content (AvgIpc) is 2.29. The summed E-state index contributed by atoms with van der Waals surface area (Å²) in [6.45, 7) is 1.98. The summed E-state index contributed by atoms with van der Waals surface area (Å²) >= 11 is 0. The van der Waals surface area contributed by atoms with Gasteiger partial charge in [0.1, 0.15) is 0 Å². The van der Waals surface area contributed by atoms with E-state index < -0.39 is 0 Å². The first-order chi connectivity index (χ1) is 7.27. The summed E-state index contributed by atoms with van der Waals surface area (Å²) in [5.41, 5.74) is 2.79. The number of hydrogen-bond acceptors (Lipinski definition) is 1. The molecule has 1 nitrogen and oxygen atoms in total. The lowest BCUT2D eigenvalue weighted by atomic mass is 10.0. The van der Waals surface area contributed by atoms with E-state index >= 15 is 0 Å². The van der Waals surface area contributed by atoms with E-state index in [0.29, 0.717) is 5.56 Å². The highest BCUT2D eigenvalue weighted by molar-refractivity contribution is 5.66. The zero-order valence-electron chi connectivity index (χ0n) is 8.57. The van der Waals surface area contributed by atoms with Crippen LogP contribution in [-0.4, -0.2) is 0 Å². The van der Waals surface area contributed by atoms with Crippen molar-refractivity contribution in [3.8, 4) is 18.4 Å². The minimum Gasteiger partial charge on any atom is -0.192 e. The Morgan fingerprint density at radius 1 is 1.47 bits per heavy atom. The van der Waals surface area contributed by atoms with Crippen LogP contribution < -0.4 is 0 Å². The molecule has 0 heterocycles. The Labute approximate surface area is 90.4 Å². The molecule has 0 saturated heterocycles. The summed E-state index contributed by atoms with van der Waals surface area (Å²) in [6.07, 6.45) is 10.5. The molecule has 0 bridgehead atoms. The first-order valence-electron chi connectivity index (χ1n) is 4.58. The first kappa shape index (κ1) is 10.8. The fourth-order valence-corrected chi connectivity index (χ4v) is 1.18. The van der Waals surface area contributed by atoms with Crippen molar-refractivity contribution in [2.24, 2.45) is 0 Å². The standard InChI is InChI=1S/C14H11N/c1-3-4-5-7-12(2)14-9-6-8-13(10-14)11-15/h1,4-10H,2H3/b5-4-,12-7+. The Hall–Kier alpha value is -2.25. The molecule has 0 aliphatic rings. The van der Waals surface area contributed by atoms with Gasteiger partial charge in [-0.05, 0) is 36.3 Å². The molecule has 0 saturated carbocycles. The van der Waals surface area contributed by atoms with Crippen LogP contribution in [0.3, 0.4) is 0 Å². The van der Waals surface area contributed by atoms with Crippen LogP contribution in [0.1, 0.15) is 18.1 Å². The topological polar surface area (TPSA) is 23.8 Å². The van der Waals surface area contributed by atoms with E-state index in [9.17, 15) is 0 Å². The summed E-state index contributed by atoms with van der Waals surface area (Å²) < 4.78 is 0. The summed E-state index contributed by atoms with van der Waals surface area (Å²) in [5.74, 6) is 2.42. The maximum Gasteiger partial charge on any atom is 0.0991 e. The summed E-state index contributed by atoms with van der Waals surface area (Å²) in [4.78, 5) is 0. The molecular weight excluding hydrogens is 182 g/mol. The third-order valence-electron chi connectivity index (χ3n) is 1.99. The largest absolute Gasteiger partial charge is 0.192 e. The van der Waals surface area contributed by atoms with Gasteiger partial charge in [-0.1, -0.05) is 30.2 Å². The number of benzene rings is 1. The average molecular weight is 193 g/mol. The van der Waals surface area contributed by atoms with Gasteiger partial charge < -0.3 is 0 Å². The Kier molecular flexibility index (Phi) is 3.95. The van der Waals surface area contributed by atoms with Crippen LogP contribution in [0.2, 0.25) is 0 Å². The van der Waals surface area contributed by atoms with Crippen molar-refractivity contribution in [1.29, 1.82) is 5.26 Å². The number of rotatable bonds is 2. The molecule has 0 aliphatic heterocycles. The number of allylic oxidation sites excluding steroid dienone is 4. The van der Waals surface area contributed by atoms with Gasteiger partial charge in [-0.2, -0.15) is 5.26 Å². The van der Waals surface area contributed by atoms with Gasteiger partial charge in [0.15, 0.2) is 0 Å². The van der Waals surface area contributed by atoms with Gasteiger partial charge in [-0.15, -0.1) is 6.42 Å². The molecule has 0 aliphatic carbocycles. The van der Waals surface area contributed by atoms with Gasteiger partial charge in [0.2, 0.25) is 0 Å². The maximum absolute atomic E-state index is 8.75. The van der Waals surface area contributed by atoms with Crippen molar-refractivity contribution >= 4 is 5.57 Å². The monoisotopic (exact) mass is 193 g/mol. The van der Waals surface area contributed by atoms with Crippen LogP contribution >= 0.6 is 0 Å². The number of hydrogen-bond donors (Lipinski definition) is 0. The van der Waals surface area contributed by atoms with Gasteiger partial charge in [-0.25, -0.2) is 0 Å². The van der Waals surface area contributed by atoms with Crippen molar-refractivity contribution < 1.29 is 0 Å². The molecule has 72 valence electrons. The van der Waals surface area contributed by atoms with Gasteiger partial charge in [0.05, 0.1) is 11.6 Å². The van der Waals surface area contributed by atoms with Crippen LogP contribution in [0.4, 0.5) is 0 Å². The predicted molar refractivity (Wildman–Crippen MR) is 62.8 cm³/mol. The molecule has 0 radical (unpaired) electrons. The van der Waals surface area contributed by atoms with Crippen LogP contribution in [0.15, 0.2) is 42.5 Å². The molecule has 1 aromatic carbocycles. The molecule has 15 heavy (non-hydrogen) atoms. The highest BCUT2D eigenvalue weighted by atomic mass is 14.2. The predicted octanol–water partition coefficient (Wildman–Crippen LogP) is 3.15. The second-order valence-electron chi connectivity index (χ2n) is 3.07. The third kappa shape index (κ3) is 3.18. The van der Waals surface area contributed by atoms with E-state index in [0.717, 1.165) is 11.1 Å². The summed E-state index contributed by atoms with van der Waals surface area (Å²) in [6, 6.07) is 9.59. The van der Waals surface area contributed by atoms with Crippen LogP contribution in [-0.2, 0) is 0 Å². The molecule has 0 spiro atoms. The fraction of sp³-hybridized carbons (Fsp3) is 0.0714. The molecule has 1 rings (SSSR count). The molecule has 0 amide bonds. The quantitative estimate of drug-likeness (QED) is 0.523. The van der Waals surface area contributed by atoms with E-state index in [-0.39, 0.29) is 0 Å². The van der Waals surface area contributed by atoms with E-state index in [1.54, 1.807) is 12.1 Å². The lowest BCUT2D eigenvalue weighted by Gasteiger charge is -1.99. The van der Waals surface area contributed by atoms with Gasteiger partial charge in [-0.3, -0.25) is 0 Å². The maximum atomic E-state index is 8.75. The van der Waals surface area contributed by atoms with Crippen molar-refractivity contribution in [2.75, 3.05) is 0 Å². The van der Waals surface area contributed by atoms with E-state index in [1.807, 2.05) is 37.3 Å². The number of nitrogens with zero attached hydrogens (tertiary/aromatic N) is 1. The van der Waals surface area contributed by atoms with Gasteiger partial charge in [0, 0.05) is 0 Å². The van der Waals surface area contributed by atoms with Crippen molar-refractivity contribution in [3.63, 3.8) is 0 Å². The summed E-state index contributed by atoms with van der Waals surface area (Å²) in [5, 5.41) is 8.75. The molecular formula is C14H11N. The van der Waals surface area contributed by atoms with Gasteiger partial charge >= 0.3 is 0 Å². The number of terminal acetylenes is 1. The first-order valence-corrected chi connectivity index (χ1v) is 4.58. The van der Waals surface area contributed by atoms with Crippen LogP contribution in [0.5, 0.6) is 0 Å². The Bertz CT molecular complexity index is 479. The molecule has 0 unspecified atom stereocenters. The molecule has 0 aromatic heterocycles. The van der Waals surface area contributed by atoms with Crippen LogP contribution in [0, 0.1) is 23.7 Å². The highest BCUT2D eigenvalue weighted by Crippen LogP contribution is 2.14. The van der Waals surface area contributed by atoms with Crippen molar-refractivity contribution in [1.82, 2.24) is 0 Å². The lowest BCUT2D eigenvalue weighted by Crippen LogP contribution is -1.81. The Morgan fingerprint density at radius 3 is 2.93 bits per heavy atom. The molecule has 0 N–H and O–H groups in total. The van der Waals surface area contributed by atoms with E-state index in [4.69, 9.17) is 11.7 Å². The normalized spacial score (nSPS) is 11.0. The zero-order chi connectivity index (χ0) is 11.1. The second-order valence-corrected chi connectivity index (χ2v) is 3.07. The van der Waals surface area contributed by atoms with Crippen molar-refractivity contribution in [2.45, 2.75) is 6.92 Å². The van der Waals surface area contributed by atoms with Gasteiger partial charge in [0.25, 0.3) is 0 Å². The summed E-state index contributed by atoms with van der Waals surface area (Å²) in [7, 11) is 0. The van der Waals surface area contributed by atoms with Crippen molar-refractivity contribution in [3.05, 3.63) is 53.6 Å². The molecule has 0 atom stereocenters. The minimum absolute atomic E-state index is 0.668. The molecule has 1 aromatic rings. The zero-order valence-corrected chi connectivity index (χ0v) is 8.57. The van der Waals surface area contributed by atoms with E-state index in [2.05, 4.69) is 12.0 Å². The minimum atomic E-state index is 0.668. The molecule has 1 heteroatoms. The highest BCUT2D eigenvalue weighted by Gasteiger charge is 1.95. The van der Waals surface area contributed by atoms with E-state index in [1.165, 1.54) is 0 Å². The smallest absolute Gasteiger partial charge is 0.0991 e. The lowest BCUT2D eigenvalue weighted by molar-refractivity contribution is 1.46. The van der Waals surface area contributed by atoms with Crippen LogP contribution in [0.25, 0.3) is 5.57 Å². The fourth-order valence-electron chi connectivity index (χ4n) is 1.18.